The van der Waals surface area contributed by atoms with Crippen molar-refractivity contribution in [2.75, 3.05) is 26.8 Å². The van der Waals surface area contributed by atoms with E-state index >= 15 is 0 Å². The van der Waals surface area contributed by atoms with E-state index in [9.17, 15) is 0 Å². The molecule has 0 rings (SSSR count). The van der Waals surface area contributed by atoms with Crippen molar-refractivity contribution in [3.8, 4) is 0 Å². The highest BCUT2D eigenvalue weighted by Gasteiger charge is 1.91. The molecule has 66 valence electrons. The van der Waals surface area contributed by atoms with Gasteiger partial charge in [0.15, 0.2) is 0 Å². The molecule has 0 fully saturated rings. The van der Waals surface area contributed by atoms with Crippen LogP contribution in [0.25, 0.3) is 0 Å². The van der Waals surface area contributed by atoms with Crippen LogP contribution in [0.4, 0.5) is 0 Å². The van der Waals surface area contributed by atoms with Crippen LogP contribution in [0.1, 0.15) is 19.8 Å². The molecule has 2 heteroatoms. The van der Waals surface area contributed by atoms with Crippen LogP contribution in [0.5, 0.6) is 0 Å². The molecule has 0 aliphatic heterocycles. The van der Waals surface area contributed by atoms with Crippen LogP contribution in [0.15, 0.2) is 12.2 Å². The zero-order valence-electron chi connectivity index (χ0n) is 7.65. The van der Waals surface area contributed by atoms with Gasteiger partial charge in [-0.25, -0.2) is 0 Å². The van der Waals surface area contributed by atoms with Gasteiger partial charge in [0.2, 0.25) is 0 Å². The Balaban J connectivity index is 3.04. The second-order valence-electron chi connectivity index (χ2n) is 2.64. The van der Waals surface area contributed by atoms with E-state index in [-0.39, 0.29) is 0 Å². The van der Waals surface area contributed by atoms with Gasteiger partial charge >= 0.3 is 0 Å². The minimum Gasteiger partial charge on any atom is -0.381 e. The van der Waals surface area contributed by atoms with Gasteiger partial charge in [0, 0.05) is 13.2 Å². The highest BCUT2D eigenvalue weighted by molar-refractivity contribution is 4.95. The van der Waals surface area contributed by atoms with Gasteiger partial charge in [0.05, 0.1) is 6.61 Å². The fraction of sp³-hybridized carbons (Fsp3) is 0.778. The summed E-state index contributed by atoms with van der Waals surface area (Å²) in [7, 11) is 1.93. The predicted molar refractivity (Wildman–Crippen MR) is 48.8 cm³/mol. The molecule has 0 bridgehead atoms. The molecule has 0 aliphatic rings. The third kappa shape index (κ3) is 7.56. The molecule has 0 aromatic rings. The largest absolute Gasteiger partial charge is 0.381 e. The average Bonchev–Trinajstić information content (AvgIpc) is 1.99. The summed E-state index contributed by atoms with van der Waals surface area (Å²) in [5.41, 5.74) is 1.21. The highest BCUT2D eigenvalue weighted by atomic mass is 16.5. The van der Waals surface area contributed by atoms with Crippen molar-refractivity contribution in [1.29, 1.82) is 0 Å². The summed E-state index contributed by atoms with van der Waals surface area (Å²) in [6, 6.07) is 0. The maximum Gasteiger partial charge on any atom is 0.0503 e. The van der Waals surface area contributed by atoms with Crippen molar-refractivity contribution >= 4 is 0 Å². The Hall–Kier alpha value is -0.340. The van der Waals surface area contributed by atoms with Crippen molar-refractivity contribution in [2.45, 2.75) is 19.8 Å². The Morgan fingerprint density at radius 1 is 1.45 bits per heavy atom. The standard InChI is InChI=1S/C9H19NO/c1-4-6-11-7-5-9(2)8-10-3/h10H,2,4-8H2,1,3H3. The van der Waals surface area contributed by atoms with Crippen molar-refractivity contribution in [1.82, 2.24) is 5.32 Å². The molecule has 11 heavy (non-hydrogen) atoms. The summed E-state index contributed by atoms with van der Waals surface area (Å²) in [5.74, 6) is 0. The van der Waals surface area contributed by atoms with Gasteiger partial charge in [-0.05, 0) is 19.9 Å². The molecule has 0 aliphatic carbocycles. The Morgan fingerprint density at radius 2 is 2.18 bits per heavy atom. The SMILES string of the molecule is C=C(CCOCCC)CNC. The minimum atomic E-state index is 0.814. The first-order chi connectivity index (χ1) is 5.31. The Morgan fingerprint density at radius 3 is 2.73 bits per heavy atom. The average molecular weight is 157 g/mol. The summed E-state index contributed by atoms with van der Waals surface area (Å²) in [4.78, 5) is 0. The normalized spacial score (nSPS) is 10.0. The lowest BCUT2D eigenvalue weighted by molar-refractivity contribution is 0.137. The molecule has 0 saturated carbocycles. The first-order valence-corrected chi connectivity index (χ1v) is 4.20. The molecule has 0 spiro atoms. The second-order valence-corrected chi connectivity index (χ2v) is 2.64. The van der Waals surface area contributed by atoms with Crippen LogP contribution in [-0.4, -0.2) is 26.8 Å². The number of hydrogen-bond donors (Lipinski definition) is 1. The van der Waals surface area contributed by atoms with Gasteiger partial charge in [-0.2, -0.15) is 0 Å². The lowest BCUT2D eigenvalue weighted by Crippen LogP contribution is -2.11. The molecule has 0 heterocycles. The molecule has 0 unspecified atom stereocenters. The number of hydrogen-bond acceptors (Lipinski definition) is 2. The third-order valence-corrected chi connectivity index (χ3v) is 1.38. The second kappa shape index (κ2) is 7.76. The number of likely N-dealkylation sites (N-methyl/N-ethyl adjacent to an activating group) is 1. The van der Waals surface area contributed by atoms with Crippen molar-refractivity contribution < 1.29 is 4.74 Å². The van der Waals surface area contributed by atoms with Crippen molar-refractivity contribution in [2.24, 2.45) is 0 Å². The van der Waals surface area contributed by atoms with Gasteiger partial charge < -0.3 is 10.1 Å². The Labute approximate surface area is 69.6 Å². The Bertz CT molecular complexity index is 102. The van der Waals surface area contributed by atoms with Gasteiger partial charge in [-0.3, -0.25) is 0 Å². The van der Waals surface area contributed by atoms with Crippen LogP contribution >= 0.6 is 0 Å². The predicted octanol–water partition coefficient (Wildman–Crippen LogP) is 1.58. The van der Waals surface area contributed by atoms with Crippen LogP contribution < -0.4 is 5.32 Å². The van der Waals surface area contributed by atoms with Crippen LogP contribution in [-0.2, 0) is 4.74 Å². The monoisotopic (exact) mass is 157 g/mol. The van der Waals surface area contributed by atoms with Crippen LogP contribution in [0.3, 0.4) is 0 Å². The van der Waals surface area contributed by atoms with Crippen molar-refractivity contribution in [3.05, 3.63) is 12.2 Å². The maximum atomic E-state index is 5.31. The minimum absolute atomic E-state index is 0.814. The van der Waals surface area contributed by atoms with Gasteiger partial charge in [-0.1, -0.05) is 19.1 Å². The molecule has 0 aromatic carbocycles. The summed E-state index contributed by atoms with van der Waals surface area (Å²) in [6.45, 7) is 8.59. The Kier molecular flexibility index (Phi) is 7.52. The van der Waals surface area contributed by atoms with E-state index in [0.29, 0.717) is 0 Å². The zero-order chi connectivity index (χ0) is 8.53. The fourth-order valence-corrected chi connectivity index (χ4v) is 0.801. The first-order valence-electron chi connectivity index (χ1n) is 4.20. The van der Waals surface area contributed by atoms with Gasteiger partial charge in [0.1, 0.15) is 0 Å². The topological polar surface area (TPSA) is 21.3 Å². The summed E-state index contributed by atoms with van der Waals surface area (Å²) in [6.07, 6.45) is 2.07. The van der Waals surface area contributed by atoms with Gasteiger partial charge in [0.25, 0.3) is 0 Å². The first kappa shape index (κ1) is 10.7. The molecule has 0 amide bonds. The molecular weight excluding hydrogens is 138 g/mol. The van der Waals surface area contributed by atoms with Gasteiger partial charge in [-0.15, -0.1) is 0 Å². The van der Waals surface area contributed by atoms with E-state index in [1.165, 1.54) is 5.57 Å². The maximum absolute atomic E-state index is 5.31. The quantitative estimate of drug-likeness (QED) is 0.447. The highest BCUT2D eigenvalue weighted by Crippen LogP contribution is 1.96. The molecule has 1 N–H and O–H groups in total. The van der Waals surface area contributed by atoms with Crippen molar-refractivity contribution in [3.63, 3.8) is 0 Å². The van der Waals surface area contributed by atoms with Crippen LogP contribution in [0, 0.1) is 0 Å². The molecule has 0 saturated heterocycles. The fourth-order valence-electron chi connectivity index (χ4n) is 0.801. The molecule has 0 aromatic heterocycles. The summed E-state index contributed by atoms with van der Waals surface area (Å²) < 4.78 is 5.31. The lowest BCUT2D eigenvalue weighted by atomic mass is 10.2. The van der Waals surface area contributed by atoms with E-state index in [1.807, 2.05) is 7.05 Å². The van der Waals surface area contributed by atoms with Crippen LogP contribution in [0.2, 0.25) is 0 Å². The van der Waals surface area contributed by atoms with E-state index in [0.717, 1.165) is 32.6 Å². The van der Waals surface area contributed by atoms with E-state index in [4.69, 9.17) is 4.74 Å². The molecule has 2 nitrogen and oxygen atoms in total. The number of nitrogens with one attached hydrogen (secondary N) is 1. The summed E-state index contributed by atoms with van der Waals surface area (Å²) in [5, 5.41) is 3.05. The van der Waals surface area contributed by atoms with E-state index < -0.39 is 0 Å². The third-order valence-electron chi connectivity index (χ3n) is 1.38. The number of ether oxygens (including phenoxy) is 1. The molecule has 0 atom stereocenters. The molecule has 0 radical (unpaired) electrons. The number of rotatable bonds is 7. The lowest BCUT2D eigenvalue weighted by Gasteiger charge is -2.04. The van der Waals surface area contributed by atoms with E-state index in [2.05, 4.69) is 18.8 Å². The van der Waals surface area contributed by atoms with E-state index in [1.54, 1.807) is 0 Å². The smallest absolute Gasteiger partial charge is 0.0503 e. The zero-order valence-corrected chi connectivity index (χ0v) is 7.65. The summed E-state index contributed by atoms with van der Waals surface area (Å²) >= 11 is 0. The molecular formula is C9H19NO.